The fourth-order valence-electron chi connectivity index (χ4n) is 3.57. The molecule has 2 N–H and O–H groups in total. The minimum atomic E-state index is -4.71. The van der Waals surface area contributed by atoms with Gasteiger partial charge in [-0.3, -0.25) is 9.59 Å². The molecule has 6 nitrogen and oxygen atoms in total. The van der Waals surface area contributed by atoms with Gasteiger partial charge in [-0.2, -0.15) is 13.2 Å². The molecule has 9 heteroatoms. The normalized spacial score (nSPS) is 22.4. The Morgan fingerprint density at radius 2 is 1.81 bits per heavy atom. The van der Waals surface area contributed by atoms with Crippen LogP contribution in [0.1, 0.15) is 36.2 Å². The van der Waals surface area contributed by atoms with Crippen molar-refractivity contribution in [2.45, 2.75) is 32.0 Å². The first-order valence-corrected chi connectivity index (χ1v) is 8.51. The van der Waals surface area contributed by atoms with E-state index in [1.54, 1.807) is 0 Å². The van der Waals surface area contributed by atoms with Gasteiger partial charge in [0.15, 0.2) is 11.6 Å². The molecule has 2 saturated carbocycles. The zero-order valence-electron chi connectivity index (χ0n) is 14.3. The number of aliphatic hydroxyl groups is 2. The first kappa shape index (κ1) is 19.5. The number of rotatable bonds is 5. The molecule has 0 spiro atoms. The van der Waals surface area contributed by atoms with Gasteiger partial charge in [0.1, 0.15) is 17.0 Å². The molecule has 2 aliphatic rings. The second kappa shape index (κ2) is 7.40. The molecule has 0 saturated heterocycles. The number of hydrogen-bond acceptors (Lipinski definition) is 6. The van der Waals surface area contributed by atoms with Crippen molar-refractivity contribution in [2.75, 3.05) is 13.2 Å². The van der Waals surface area contributed by atoms with Crippen molar-refractivity contribution in [3.05, 3.63) is 34.7 Å². The van der Waals surface area contributed by atoms with Crippen LogP contribution in [0.2, 0.25) is 0 Å². The summed E-state index contributed by atoms with van der Waals surface area (Å²) in [5.41, 5.74) is -1.97. The van der Waals surface area contributed by atoms with E-state index < -0.39 is 35.8 Å². The number of alkyl halides is 3. The Balaban J connectivity index is 2.06. The smallest absolute Gasteiger partial charge is 0.433 e. The van der Waals surface area contributed by atoms with Gasteiger partial charge in [-0.1, -0.05) is 0 Å². The second-order valence-electron chi connectivity index (χ2n) is 6.62. The van der Waals surface area contributed by atoms with Crippen LogP contribution in [-0.4, -0.2) is 40.0 Å². The molecular formula is C18H18F3NO5. The number of ketones is 2. The third-order valence-corrected chi connectivity index (χ3v) is 4.90. The number of allylic oxidation sites excluding steroid dienone is 1. The van der Waals surface area contributed by atoms with Gasteiger partial charge in [0.2, 0.25) is 0 Å². The fraction of sp³-hybridized carbons (Fsp3) is 0.500. The lowest BCUT2D eigenvalue weighted by Gasteiger charge is -2.21. The Bertz CT molecular complexity index is 779. The molecule has 1 heterocycles. The summed E-state index contributed by atoms with van der Waals surface area (Å²) in [5, 5.41) is 19.4. The molecule has 2 unspecified atom stereocenters. The van der Waals surface area contributed by atoms with Crippen LogP contribution in [0.15, 0.2) is 17.7 Å². The first-order valence-electron chi connectivity index (χ1n) is 8.51. The minimum absolute atomic E-state index is 0.142. The predicted molar refractivity (Wildman–Crippen MR) is 86.4 cm³/mol. The van der Waals surface area contributed by atoms with Crippen LogP contribution in [-0.2, 0) is 27.1 Å². The molecule has 27 heavy (non-hydrogen) atoms. The number of aromatic nitrogens is 1. The zero-order valence-corrected chi connectivity index (χ0v) is 14.3. The maximum absolute atomic E-state index is 13.0. The Labute approximate surface area is 152 Å². The van der Waals surface area contributed by atoms with E-state index in [9.17, 15) is 27.9 Å². The van der Waals surface area contributed by atoms with Crippen molar-refractivity contribution in [3.63, 3.8) is 0 Å². The summed E-state index contributed by atoms with van der Waals surface area (Å²) in [6.07, 6.45) is -3.14. The number of ether oxygens (including phenoxy) is 1. The first-order chi connectivity index (χ1) is 12.7. The average molecular weight is 385 g/mol. The number of pyridine rings is 1. The van der Waals surface area contributed by atoms with Crippen LogP contribution >= 0.6 is 0 Å². The predicted octanol–water partition coefficient (Wildman–Crippen LogP) is 2.45. The lowest BCUT2D eigenvalue weighted by Crippen LogP contribution is -2.30. The van der Waals surface area contributed by atoms with E-state index >= 15 is 0 Å². The lowest BCUT2D eigenvalue weighted by atomic mass is 9.81. The number of aliphatic hydroxyl groups excluding tert-OH is 2. The number of Topliss-reactive ketones (excluding diaryl/α,β-unsaturated/α-hetero) is 2. The van der Waals surface area contributed by atoms with Crippen LogP contribution in [0.5, 0.6) is 0 Å². The Kier molecular flexibility index (Phi) is 5.34. The molecule has 1 aromatic heterocycles. The van der Waals surface area contributed by atoms with E-state index in [2.05, 4.69) is 4.98 Å². The molecule has 2 fully saturated rings. The molecular weight excluding hydrogens is 367 g/mol. The number of hydrogen-bond donors (Lipinski definition) is 2. The van der Waals surface area contributed by atoms with Crippen molar-refractivity contribution < 1.29 is 37.7 Å². The highest BCUT2D eigenvalue weighted by Crippen LogP contribution is 2.42. The average Bonchev–Trinajstić information content (AvgIpc) is 3.07. The quantitative estimate of drug-likeness (QED) is 0.350. The molecule has 0 amide bonds. The topological polar surface area (TPSA) is 96.7 Å². The van der Waals surface area contributed by atoms with E-state index in [1.165, 1.54) is 0 Å². The molecule has 2 bridgehead atoms. The summed E-state index contributed by atoms with van der Waals surface area (Å²) < 4.78 is 43.9. The van der Waals surface area contributed by atoms with Gasteiger partial charge >= 0.3 is 6.18 Å². The van der Waals surface area contributed by atoms with Gasteiger partial charge in [0.25, 0.3) is 0 Å². The Morgan fingerprint density at radius 3 is 2.37 bits per heavy atom. The Morgan fingerprint density at radius 1 is 1.19 bits per heavy atom. The molecule has 1 aromatic rings. The third-order valence-electron chi connectivity index (χ3n) is 4.90. The van der Waals surface area contributed by atoms with Gasteiger partial charge in [0, 0.05) is 17.4 Å². The molecule has 0 aliphatic heterocycles. The van der Waals surface area contributed by atoms with Gasteiger partial charge in [-0.05, 0) is 31.4 Å². The summed E-state index contributed by atoms with van der Waals surface area (Å²) in [5.74, 6) is -2.31. The molecule has 0 aromatic carbocycles. The zero-order chi connectivity index (χ0) is 19.8. The van der Waals surface area contributed by atoms with Gasteiger partial charge in [0.05, 0.1) is 25.5 Å². The van der Waals surface area contributed by atoms with E-state index in [1.807, 2.05) is 0 Å². The lowest BCUT2D eigenvalue weighted by molar-refractivity contribution is -0.141. The van der Waals surface area contributed by atoms with E-state index in [0.29, 0.717) is 25.3 Å². The van der Waals surface area contributed by atoms with Crippen molar-refractivity contribution in [1.29, 1.82) is 0 Å². The molecule has 2 aliphatic carbocycles. The number of halogens is 3. The summed E-state index contributed by atoms with van der Waals surface area (Å²) in [4.78, 5) is 28.5. The number of carbonyl (C=O) groups excluding carboxylic acids is 2. The van der Waals surface area contributed by atoms with Gasteiger partial charge in [-0.25, -0.2) is 4.98 Å². The Hall–Kier alpha value is -2.26. The minimum Gasteiger partial charge on any atom is -0.506 e. The van der Waals surface area contributed by atoms with Crippen LogP contribution in [0.25, 0.3) is 5.76 Å². The summed E-state index contributed by atoms with van der Waals surface area (Å²) in [6.45, 7) is -0.912. The van der Waals surface area contributed by atoms with Gasteiger partial charge in [-0.15, -0.1) is 0 Å². The SMILES string of the molecule is O=C1C(=C(O)c2ccc(C(F)(F)F)nc2COCCO)C(=O)C2CCC1C2. The maximum Gasteiger partial charge on any atom is 0.433 e. The van der Waals surface area contributed by atoms with Gasteiger partial charge < -0.3 is 14.9 Å². The van der Waals surface area contributed by atoms with Crippen LogP contribution in [0.3, 0.4) is 0 Å². The third kappa shape index (κ3) is 3.74. The second-order valence-corrected chi connectivity index (χ2v) is 6.62. The number of nitrogens with zero attached hydrogens (tertiary/aromatic N) is 1. The van der Waals surface area contributed by atoms with Crippen molar-refractivity contribution in [2.24, 2.45) is 11.8 Å². The summed E-state index contributed by atoms with van der Waals surface area (Å²) >= 11 is 0. The molecule has 2 atom stereocenters. The highest BCUT2D eigenvalue weighted by Gasteiger charge is 2.45. The van der Waals surface area contributed by atoms with E-state index in [0.717, 1.165) is 6.07 Å². The van der Waals surface area contributed by atoms with Crippen LogP contribution < -0.4 is 0 Å². The van der Waals surface area contributed by atoms with Crippen molar-refractivity contribution in [1.82, 2.24) is 4.98 Å². The molecule has 146 valence electrons. The summed E-state index contributed by atoms with van der Waals surface area (Å²) in [6, 6.07) is 1.65. The fourth-order valence-corrected chi connectivity index (χ4v) is 3.57. The van der Waals surface area contributed by atoms with E-state index in [4.69, 9.17) is 9.84 Å². The number of fused-ring (bicyclic) bond motifs is 2. The van der Waals surface area contributed by atoms with E-state index in [-0.39, 0.29) is 41.9 Å². The molecule has 0 radical (unpaired) electrons. The highest BCUT2D eigenvalue weighted by molar-refractivity contribution is 6.27. The molecule has 3 rings (SSSR count). The van der Waals surface area contributed by atoms with Crippen molar-refractivity contribution in [3.8, 4) is 0 Å². The standard InChI is InChI=1S/C18H18F3NO5/c19-18(20,21)13-4-3-11(12(22-13)8-27-6-5-23)17(26)14-15(24)9-1-2-10(7-9)16(14)25/h3-4,9-10,23,26H,1-2,5-8H2. The monoisotopic (exact) mass is 385 g/mol. The maximum atomic E-state index is 13.0. The summed E-state index contributed by atoms with van der Waals surface area (Å²) in [7, 11) is 0. The van der Waals surface area contributed by atoms with Crippen molar-refractivity contribution >= 4 is 17.3 Å². The van der Waals surface area contributed by atoms with Crippen LogP contribution in [0, 0.1) is 11.8 Å². The van der Waals surface area contributed by atoms with Crippen LogP contribution in [0.4, 0.5) is 13.2 Å². The number of carbonyl (C=O) groups is 2. The largest absolute Gasteiger partial charge is 0.506 e. The highest BCUT2D eigenvalue weighted by atomic mass is 19.4.